The lowest BCUT2D eigenvalue weighted by atomic mass is 9.91. The predicted octanol–water partition coefficient (Wildman–Crippen LogP) is 5.91. The number of furan rings is 1. The number of hydrogen-bond donors (Lipinski definition) is 0. The second-order valence-electron chi connectivity index (χ2n) is 6.52. The molecule has 2 aromatic heterocycles. The van der Waals surface area contributed by atoms with Crippen LogP contribution in [0.15, 0.2) is 59.1 Å². The van der Waals surface area contributed by atoms with Crippen molar-refractivity contribution in [1.29, 1.82) is 0 Å². The fraction of sp³-hybridized carbons (Fsp3) is 0.286. The lowest BCUT2D eigenvalue weighted by Crippen LogP contribution is -2.08. The summed E-state index contributed by atoms with van der Waals surface area (Å²) < 4.78 is 46.4. The molecular formula is C21H23NO. The van der Waals surface area contributed by atoms with E-state index < -0.39 is 18.6 Å². The highest BCUT2D eigenvalue weighted by Gasteiger charge is 2.17. The van der Waals surface area contributed by atoms with Gasteiger partial charge in [0, 0.05) is 30.6 Å². The van der Waals surface area contributed by atoms with Crippen LogP contribution >= 0.6 is 0 Å². The molecule has 0 bridgehead atoms. The molecule has 1 aromatic carbocycles. The van der Waals surface area contributed by atoms with Gasteiger partial charge in [0.1, 0.15) is 11.5 Å². The van der Waals surface area contributed by atoms with Gasteiger partial charge >= 0.3 is 0 Å². The summed E-state index contributed by atoms with van der Waals surface area (Å²) in [7, 11) is 0. The first-order valence-electron chi connectivity index (χ1n) is 10.1. The molecule has 3 rings (SSSR count). The normalized spacial score (nSPS) is 16.0. The lowest BCUT2D eigenvalue weighted by molar-refractivity contribution is 0.366. The van der Waals surface area contributed by atoms with E-state index in [0.717, 1.165) is 5.56 Å². The van der Waals surface area contributed by atoms with Crippen LogP contribution < -0.4 is 0 Å². The summed E-state index contributed by atoms with van der Waals surface area (Å²) in [4.78, 5) is 4.37. The van der Waals surface area contributed by atoms with Crippen molar-refractivity contribution >= 4 is 0 Å². The average molecular weight is 310 g/mol. The van der Waals surface area contributed by atoms with Crippen molar-refractivity contribution in [2.45, 2.75) is 34.0 Å². The maximum Gasteiger partial charge on any atom is 0.137 e. The van der Waals surface area contributed by atoms with Crippen molar-refractivity contribution in [3.63, 3.8) is 0 Å². The summed E-state index contributed by atoms with van der Waals surface area (Å²) in [6.07, 6.45) is -0.234. The van der Waals surface area contributed by atoms with E-state index in [9.17, 15) is 0 Å². The first kappa shape index (κ1) is 10.4. The van der Waals surface area contributed by atoms with Crippen molar-refractivity contribution in [2.24, 2.45) is 5.41 Å². The van der Waals surface area contributed by atoms with Gasteiger partial charge in [-0.3, -0.25) is 4.98 Å². The predicted molar refractivity (Wildman–Crippen MR) is 95.3 cm³/mol. The molecule has 2 heteroatoms. The van der Waals surface area contributed by atoms with Crippen LogP contribution in [0.2, 0.25) is 0 Å². The Labute approximate surface area is 145 Å². The zero-order valence-electron chi connectivity index (χ0n) is 18.6. The highest BCUT2D eigenvalue weighted by molar-refractivity contribution is 5.69. The zero-order valence-corrected chi connectivity index (χ0v) is 13.6. The largest absolute Gasteiger partial charge is 0.461 e. The summed E-state index contributed by atoms with van der Waals surface area (Å²) in [5.41, 5.74) is 1.38. The second-order valence-corrected chi connectivity index (χ2v) is 6.52. The van der Waals surface area contributed by atoms with E-state index in [1.165, 1.54) is 6.07 Å². The zero-order chi connectivity index (χ0) is 20.7. The van der Waals surface area contributed by atoms with Crippen LogP contribution in [0, 0.1) is 12.3 Å². The molecular weight excluding hydrogens is 282 g/mol. The first-order valence-corrected chi connectivity index (χ1v) is 7.58. The molecule has 0 saturated heterocycles. The standard InChI is InChI=1S/C21H23NO/c1-15-12-18(14-21(2,3)4)23-20(15)17-10-11-22-19(13-17)16-8-6-5-7-9-16/h5-13H,14H2,1-4H3/i1D3,14D2. The fourth-order valence-corrected chi connectivity index (χ4v) is 2.38. The molecule has 0 spiro atoms. The highest BCUT2D eigenvalue weighted by atomic mass is 16.3. The Morgan fingerprint density at radius 3 is 2.57 bits per heavy atom. The van der Waals surface area contributed by atoms with Gasteiger partial charge in [-0.05, 0) is 36.0 Å². The molecule has 3 aromatic rings. The topological polar surface area (TPSA) is 26.0 Å². The van der Waals surface area contributed by atoms with Gasteiger partial charge in [0.25, 0.3) is 0 Å². The third-order valence-electron chi connectivity index (χ3n) is 3.32. The summed E-state index contributed by atoms with van der Waals surface area (Å²) in [5, 5.41) is 0. The third-order valence-corrected chi connectivity index (χ3v) is 3.32. The lowest BCUT2D eigenvalue weighted by Gasteiger charge is -2.15. The molecule has 0 saturated carbocycles. The molecule has 118 valence electrons. The van der Waals surface area contributed by atoms with E-state index >= 15 is 0 Å². The molecule has 0 radical (unpaired) electrons. The van der Waals surface area contributed by atoms with Crippen molar-refractivity contribution < 1.29 is 11.3 Å². The molecule has 0 aliphatic carbocycles. The minimum absolute atomic E-state index is 0.000775. The van der Waals surface area contributed by atoms with Crippen LogP contribution in [-0.4, -0.2) is 4.98 Å². The Hall–Kier alpha value is -2.35. The van der Waals surface area contributed by atoms with Crippen LogP contribution in [0.3, 0.4) is 0 Å². The number of rotatable bonds is 3. The van der Waals surface area contributed by atoms with Gasteiger partial charge in [-0.15, -0.1) is 0 Å². The first-order chi connectivity index (χ1) is 12.9. The molecule has 2 nitrogen and oxygen atoms in total. The summed E-state index contributed by atoms with van der Waals surface area (Å²) in [5.74, 6) is 0.168. The number of aryl methyl sites for hydroxylation is 1. The Bertz CT molecular complexity index is 968. The second kappa shape index (κ2) is 6.04. The van der Waals surface area contributed by atoms with Crippen molar-refractivity contribution in [2.75, 3.05) is 0 Å². The molecule has 0 fully saturated rings. The van der Waals surface area contributed by atoms with Crippen LogP contribution in [0.25, 0.3) is 22.6 Å². The maximum absolute atomic E-state index is 8.45. The fourth-order valence-electron chi connectivity index (χ4n) is 2.38. The maximum atomic E-state index is 8.45. The summed E-state index contributed by atoms with van der Waals surface area (Å²) in [6, 6.07) is 14.3. The number of pyridine rings is 1. The number of nitrogens with zero attached hydrogens (tertiary/aromatic N) is 1. The van der Waals surface area contributed by atoms with E-state index in [1.807, 2.05) is 30.3 Å². The monoisotopic (exact) mass is 310 g/mol. The van der Waals surface area contributed by atoms with E-state index in [2.05, 4.69) is 4.98 Å². The number of aromatic nitrogens is 1. The van der Waals surface area contributed by atoms with E-state index in [4.69, 9.17) is 11.3 Å². The molecule has 0 aliphatic heterocycles. The quantitative estimate of drug-likeness (QED) is 0.601. The van der Waals surface area contributed by atoms with Crippen LogP contribution in [-0.2, 0) is 6.37 Å². The van der Waals surface area contributed by atoms with Gasteiger partial charge in [0.05, 0.1) is 5.69 Å². The molecule has 0 atom stereocenters. The number of benzene rings is 1. The van der Waals surface area contributed by atoms with Crippen molar-refractivity contribution in [3.05, 3.63) is 66.1 Å². The minimum Gasteiger partial charge on any atom is -0.461 e. The van der Waals surface area contributed by atoms with Gasteiger partial charge < -0.3 is 4.42 Å². The van der Waals surface area contributed by atoms with Crippen molar-refractivity contribution in [1.82, 2.24) is 4.98 Å². The van der Waals surface area contributed by atoms with Gasteiger partial charge in [0.15, 0.2) is 0 Å². The molecule has 0 amide bonds. The van der Waals surface area contributed by atoms with Crippen LogP contribution in [0.5, 0.6) is 0 Å². The van der Waals surface area contributed by atoms with E-state index in [1.54, 1.807) is 39.1 Å². The van der Waals surface area contributed by atoms with Gasteiger partial charge in [-0.2, -0.15) is 0 Å². The SMILES string of the molecule is [2H]C([2H])([2H])c1cc(C([2H])([2H])C(C)(C)C)oc1-c1ccnc(-c2ccccc2)c1. The molecule has 0 aliphatic rings. The van der Waals surface area contributed by atoms with Crippen LogP contribution in [0.4, 0.5) is 0 Å². The van der Waals surface area contributed by atoms with E-state index in [-0.39, 0.29) is 17.1 Å². The van der Waals surface area contributed by atoms with Crippen molar-refractivity contribution in [3.8, 4) is 22.6 Å². The van der Waals surface area contributed by atoms with Gasteiger partial charge in [-0.1, -0.05) is 51.1 Å². The van der Waals surface area contributed by atoms with E-state index in [0.29, 0.717) is 11.3 Å². The Morgan fingerprint density at radius 2 is 1.87 bits per heavy atom. The Morgan fingerprint density at radius 1 is 1.09 bits per heavy atom. The Kier molecular flexibility index (Phi) is 2.74. The van der Waals surface area contributed by atoms with Gasteiger partial charge in [0.2, 0.25) is 0 Å². The third kappa shape index (κ3) is 3.70. The average Bonchev–Trinajstić information content (AvgIpc) is 3.08. The summed E-state index contributed by atoms with van der Waals surface area (Å²) in [6.45, 7) is 2.83. The molecule has 2 heterocycles. The summed E-state index contributed by atoms with van der Waals surface area (Å²) >= 11 is 0. The highest BCUT2D eigenvalue weighted by Crippen LogP contribution is 2.31. The minimum atomic E-state index is -2.43. The molecule has 0 unspecified atom stereocenters. The van der Waals surface area contributed by atoms with Crippen LogP contribution in [0.1, 0.15) is 38.9 Å². The Balaban J connectivity index is 2.17. The van der Waals surface area contributed by atoms with Gasteiger partial charge in [-0.25, -0.2) is 0 Å². The smallest absolute Gasteiger partial charge is 0.137 e. The number of hydrogen-bond acceptors (Lipinski definition) is 2. The molecule has 23 heavy (non-hydrogen) atoms. The molecule has 0 N–H and O–H groups in total.